The van der Waals surface area contributed by atoms with Gasteiger partial charge in [-0.1, -0.05) is 0 Å². The Labute approximate surface area is 131 Å². The van der Waals surface area contributed by atoms with Crippen molar-refractivity contribution in [3.05, 3.63) is 12.7 Å². The first-order valence-corrected chi connectivity index (χ1v) is 7.39. The molecule has 10 heteroatoms. The van der Waals surface area contributed by atoms with Gasteiger partial charge in [-0.05, 0) is 0 Å². The number of aliphatic hydroxyl groups is 3. The summed E-state index contributed by atoms with van der Waals surface area (Å²) in [5.41, 5.74) is 6.62. The van der Waals surface area contributed by atoms with Crippen LogP contribution in [-0.4, -0.2) is 83.8 Å². The molecule has 2 aliphatic rings. The number of nitrogens with two attached hydrogens (primary N) is 1. The third-order valence-electron chi connectivity index (χ3n) is 4.45. The Bertz CT molecular complexity index is 724. The van der Waals surface area contributed by atoms with Gasteiger partial charge in [0, 0.05) is 19.1 Å². The standard InChI is InChI=1S/C13H18N6O4/c14-11-8-12(16-4-15-11)19(5-17-8)13-10(22)9(21)7(23-13)2-18-1-6(18)3-20/h4-7,9-10,13,20-22H,1-3H2,(H2,14,15,16)/t6?,7-,9+,10?,13-,18?/m1/s1. The van der Waals surface area contributed by atoms with Crippen LogP contribution in [0.1, 0.15) is 6.23 Å². The lowest BCUT2D eigenvalue weighted by Gasteiger charge is -2.16. The van der Waals surface area contributed by atoms with Crippen molar-refractivity contribution >= 4 is 17.0 Å². The second-order valence-corrected chi connectivity index (χ2v) is 5.92. The normalized spacial score (nSPS) is 36.7. The monoisotopic (exact) mass is 322 g/mol. The van der Waals surface area contributed by atoms with E-state index >= 15 is 0 Å². The summed E-state index contributed by atoms with van der Waals surface area (Å²) in [5.74, 6) is 0.244. The van der Waals surface area contributed by atoms with Gasteiger partial charge in [-0.25, -0.2) is 15.0 Å². The van der Waals surface area contributed by atoms with E-state index < -0.39 is 24.5 Å². The van der Waals surface area contributed by atoms with Crippen LogP contribution in [-0.2, 0) is 4.74 Å². The van der Waals surface area contributed by atoms with Gasteiger partial charge in [0.25, 0.3) is 0 Å². The molecule has 0 aromatic carbocycles. The first-order chi connectivity index (χ1) is 11.1. The van der Waals surface area contributed by atoms with Gasteiger partial charge in [-0.3, -0.25) is 9.47 Å². The maximum Gasteiger partial charge on any atom is 0.167 e. The number of hydrogen-bond donors (Lipinski definition) is 4. The summed E-state index contributed by atoms with van der Waals surface area (Å²) in [6, 6.07) is 0.114. The lowest BCUT2D eigenvalue weighted by Crippen LogP contribution is -2.35. The molecule has 4 heterocycles. The Hall–Kier alpha value is -1.85. The van der Waals surface area contributed by atoms with E-state index in [4.69, 9.17) is 15.6 Å². The maximum atomic E-state index is 10.3. The number of hydrogen-bond acceptors (Lipinski definition) is 9. The quantitative estimate of drug-likeness (QED) is 0.457. The fourth-order valence-corrected chi connectivity index (χ4v) is 3.02. The number of aliphatic hydroxyl groups excluding tert-OH is 3. The molecule has 4 rings (SSSR count). The number of fused-ring (bicyclic) bond motifs is 1. The van der Waals surface area contributed by atoms with Crippen LogP contribution >= 0.6 is 0 Å². The van der Waals surface area contributed by atoms with Crippen molar-refractivity contribution in [1.82, 2.24) is 24.4 Å². The summed E-state index contributed by atoms with van der Waals surface area (Å²) in [6.45, 7) is 1.29. The predicted molar refractivity (Wildman–Crippen MR) is 78.1 cm³/mol. The van der Waals surface area contributed by atoms with Gasteiger partial charge < -0.3 is 25.8 Å². The summed E-state index contributed by atoms with van der Waals surface area (Å²) in [6.07, 6.45) is -0.720. The predicted octanol–water partition coefficient (Wildman–Crippen LogP) is -2.30. The van der Waals surface area contributed by atoms with E-state index in [-0.39, 0.29) is 18.5 Å². The number of nitrogens with zero attached hydrogens (tertiary/aromatic N) is 5. The minimum absolute atomic E-state index is 0.0805. The molecule has 2 aliphatic heterocycles. The highest BCUT2D eigenvalue weighted by atomic mass is 16.6. The van der Waals surface area contributed by atoms with Gasteiger partial charge in [-0.15, -0.1) is 0 Å². The average molecular weight is 322 g/mol. The Kier molecular flexibility index (Phi) is 3.43. The van der Waals surface area contributed by atoms with E-state index in [0.29, 0.717) is 17.7 Å². The van der Waals surface area contributed by atoms with Crippen molar-refractivity contribution in [3.8, 4) is 0 Å². The second kappa shape index (κ2) is 5.35. The molecule has 6 atom stereocenters. The lowest BCUT2D eigenvalue weighted by molar-refractivity contribution is -0.0383. The summed E-state index contributed by atoms with van der Waals surface area (Å²) in [7, 11) is 0. The third kappa shape index (κ3) is 2.35. The number of ether oxygens (including phenoxy) is 1. The molecule has 0 saturated carbocycles. The molecule has 2 fully saturated rings. The van der Waals surface area contributed by atoms with Gasteiger partial charge in [0.1, 0.15) is 30.2 Å². The van der Waals surface area contributed by atoms with Crippen molar-refractivity contribution in [2.75, 3.05) is 25.4 Å². The SMILES string of the molecule is Nc1ncnc2c1ncn2[C@@H]1O[C@H](CN2CC2CO)[C@H](O)C1O. The minimum atomic E-state index is -1.11. The van der Waals surface area contributed by atoms with Crippen LogP contribution in [0.25, 0.3) is 11.2 Å². The van der Waals surface area contributed by atoms with E-state index in [0.717, 1.165) is 6.54 Å². The Balaban J connectivity index is 1.57. The van der Waals surface area contributed by atoms with E-state index in [1.54, 1.807) is 4.57 Å². The first-order valence-electron chi connectivity index (χ1n) is 7.39. The molecule has 10 nitrogen and oxygen atoms in total. The van der Waals surface area contributed by atoms with Crippen molar-refractivity contribution in [1.29, 1.82) is 0 Å². The molecule has 2 aromatic heterocycles. The summed E-state index contributed by atoms with van der Waals surface area (Å²) in [4.78, 5) is 14.1. The van der Waals surface area contributed by atoms with Gasteiger partial charge in [-0.2, -0.15) is 0 Å². The van der Waals surface area contributed by atoms with Crippen LogP contribution in [0.2, 0.25) is 0 Å². The molecule has 0 radical (unpaired) electrons. The highest BCUT2D eigenvalue weighted by Gasteiger charge is 2.47. The number of anilines is 1. The molecule has 0 amide bonds. The van der Waals surface area contributed by atoms with Crippen LogP contribution in [0, 0.1) is 0 Å². The van der Waals surface area contributed by atoms with Crippen LogP contribution in [0.3, 0.4) is 0 Å². The molecule has 0 spiro atoms. The highest BCUT2D eigenvalue weighted by molar-refractivity contribution is 5.81. The Morgan fingerprint density at radius 3 is 2.83 bits per heavy atom. The van der Waals surface area contributed by atoms with Crippen LogP contribution < -0.4 is 5.73 Å². The number of imidazole rings is 1. The molecule has 0 aliphatic carbocycles. The maximum absolute atomic E-state index is 10.3. The molecule has 5 N–H and O–H groups in total. The Morgan fingerprint density at radius 2 is 2.09 bits per heavy atom. The smallest absolute Gasteiger partial charge is 0.167 e. The van der Waals surface area contributed by atoms with Crippen LogP contribution in [0.5, 0.6) is 0 Å². The molecule has 2 saturated heterocycles. The van der Waals surface area contributed by atoms with Crippen molar-refractivity contribution in [3.63, 3.8) is 0 Å². The largest absolute Gasteiger partial charge is 0.395 e. The minimum Gasteiger partial charge on any atom is -0.395 e. The zero-order valence-corrected chi connectivity index (χ0v) is 12.2. The summed E-state index contributed by atoms with van der Waals surface area (Å²) >= 11 is 0. The first kappa shape index (κ1) is 14.7. The fraction of sp³-hybridized carbons (Fsp3) is 0.615. The molecule has 3 unspecified atom stereocenters. The molecule has 0 bridgehead atoms. The average Bonchev–Trinajstić information content (AvgIpc) is 3.07. The van der Waals surface area contributed by atoms with Crippen LogP contribution in [0.15, 0.2) is 12.7 Å². The zero-order valence-electron chi connectivity index (χ0n) is 12.2. The van der Waals surface area contributed by atoms with Crippen molar-refractivity contribution < 1.29 is 20.1 Å². The molecule has 23 heavy (non-hydrogen) atoms. The number of nitrogen functional groups attached to an aromatic ring is 1. The van der Waals surface area contributed by atoms with Gasteiger partial charge >= 0.3 is 0 Å². The lowest BCUT2D eigenvalue weighted by atomic mass is 10.1. The fourth-order valence-electron chi connectivity index (χ4n) is 3.02. The molecule has 124 valence electrons. The van der Waals surface area contributed by atoms with E-state index in [9.17, 15) is 10.2 Å². The van der Waals surface area contributed by atoms with Gasteiger partial charge in [0.15, 0.2) is 17.7 Å². The highest BCUT2D eigenvalue weighted by Crippen LogP contribution is 2.33. The summed E-state index contributed by atoms with van der Waals surface area (Å²) in [5, 5.41) is 29.6. The number of aromatic nitrogens is 4. The van der Waals surface area contributed by atoms with Gasteiger partial charge in [0.2, 0.25) is 0 Å². The van der Waals surface area contributed by atoms with Crippen molar-refractivity contribution in [2.24, 2.45) is 0 Å². The van der Waals surface area contributed by atoms with E-state index in [1.807, 2.05) is 4.90 Å². The van der Waals surface area contributed by atoms with Crippen molar-refractivity contribution in [2.45, 2.75) is 30.6 Å². The zero-order chi connectivity index (χ0) is 16.1. The van der Waals surface area contributed by atoms with Crippen LogP contribution in [0.4, 0.5) is 5.82 Å². The number of rotatable bonds is 4. The topological polar surface area (TPSA) is 143 Å². The summed E-state index contributed by atoms with van der Waals surface area (Å²) < 4.78 is 7.37. The van der Waals surface area contributed by atoms with E-state index in [1.165, 1.54) is 12.7 Å². The molecular weight excluding hydrogens is 304 g/mol. The van der Waals surface area contributed by atoms with E-state index in [2.05, 4.69) is 15.0 Å². The van der Waals surface area contributed by atoms with Gasteiger partial charge in [0.05, 0.1) is 12.9 Å². The second-order valence-electron chi connectivity index (χ2n) is 5.92. The third-order valence-corrected chi connectivity index (χ3v) is 4.45. The molecular formula is C13H18N6O4. The molecule has 2 aromatic rings. The Morgan fingerprint density at radius 1 is 1.26 bits per heavy atom.